The van der Waals surface area contributed by atoms with Gasteiger partial charge >= 0.3 is 0 Å². The number of aryl methyl sites for hydroxylation is 1. The number of halogens is 2. The lowest BCUT2D eigenvalue weighted by atomic mass is 10.1. The van der Waals surface area contributed by atoms with E-state index in [4.69, 9.17) is 27.9 Å². The van der Waals surface area contributed by atoms with Gasteiger partial charge in [0.05, 0.1) is 0 Å². The average Bonchev–Trinajstić information content (AvgIpc) is 2.64. The Morgan fingerprint density at radius 3 is 2.27 bits per heavy atom. The van der Waals surface area contributed by atoms with Crippen LogP contribution in [0.25, 0.3) is 0 Å². The van der Waals surface area contributed by atoms with Crippen LogP contribution in [0.5, 0.6) is 5.75 Å². The summed E-state index contributed by atoms with van der Waals surface area (Å²) in [6, 6.07) is 21.8. The molecule has 0 fully saturated rings. The number of hydrogen-bond acceptors (Lipinski definition) is 2. The first kappa shape index (κ1) is 18.8. The quantitative estimate of drug-likeness (QED) is 0.524. The van der Waals surface area contributed by atoms with Gasteiger partial charge in [-0.3, -0.25) is 0 Å². The third kappa shape index (κ3) is 5.01. The molecule has 3 aromatic rings. The van der Waals surface area contributed by atoms with E-state index in [1.807, 2.05) is 54.6 Å². The van der Waals surface area contributed by atoms with Crippen LogP contribution in [0, 0.1) is 6.92 Å². The largest absolute Gasteiger partial charge is 0.489 e. The zero-order chi connectivity index (χ0) is 18.4. The summed E-state index contributed by atoms with van der Waals surface area (Å²) in [5.41, 5.74) is 4.49. The summed E-state index contributed by atoms with van der Waals surface area (Å²) in [6.07, 6.45) is 0. The Morgan fingerprint density at radius 1 is 0.808 bits per heavy atom. The normalized spacial score (nSPS) is 10.7. The van der Waals surface area contributed by atoms with Crippen LogP contribution in [0.2, 0.25) is 10.0 Å². The molecule has 0 aromatic heterocycles. The minimum Gasteiger partial charge on any atom is -0.489 e. The molecule has 0 unspecified atom stereocenters. The summed E-state index contributed by atoms with van der Waals surface area (Å²) < 4.78 is 6.06. The Morgan fingerprint density at radius 2 is 1.50 bits per heavy atom. The fraction of sp³-hybridized carbons (Fsp3) is 0.182. The van der Waals surface area contributed by atoms with E-state index in [2.05, 4.69) is 24.4 Å². The van der Waals surface area contributed by atoms with Gasteiger partial charge in [-0.05, 0) is 47.9 Å². The molecule has 0 atom stereocenters. The Balaban J connectivity index is 1.66. The van der Waals surface area contributed by atoms with Gasteiger partial charge in [0.1, 0.15) is 12.4 Å². The van der Waals surface area contributed by atoms with Gasteiger partial charge in [-0.15, -0.1) is 0 Å². The van der Waals surface area contributed by atoms with Crippen molar-refractivity contribution in [2.24, 2.45) is 0 Å². The smallest absolute Gasteiger partial charge is 0.124 e. The molecule has 0 radical (unpaired) electrons. The first-order valence-corrected chi connectivity index (χ1v) is 9.29. The molecule has 2 nitrogen and oxygen atoms in total. The molecule has 26 heavy (non-hydrogen) atoms. The Hall–Kier alpha value is -2.00. The van der Waals surface area contributed by atoms with Crippen molar-refractivity contribution in [2.45, 2.75) is 26.6 Å². The second kappa shape index (κ2) is 9.09. The van der Waals surface area contributed by atoms with Gasteiger partial charge in [0.15, 0.2) is 0 Å². The Bertz CT molecular complexity index is 880. The number of nitrogens with one attached hydrogen (secondary N) is 1. The van der Waals surface area contributed by atoms with E-state index in [1.54, 1.807) is 0 Å². The van der Waals surface area contributed by atoms with E-state index < -0.39 is 0 Å². The van der Waals surface area contributed by atoms with Crippen LogP contribution in [-0.2, 0) is 19.7 Å². The lowest BCUT2D eigenvalue weighted by molar-refractivity contribution is 0.301. The van der Waals surface area contributed by atoms with Gasteiger partial charge < -0.3 is 10.1 Å². The van der Waals surface area contributed by atoms with Gasteiger partial charge in [-0.2, -0.15) is 0 Å². The fourth-order valence-electron chi connectivity index (χ4n) is 2.73. The van der Waals surface area contributed by atoms with E-state index in [0.29, 0.717) is 24.7 Å². The molecule has 134 valence electrons. The lowest BCUT2D eigenvalue weighted by Crippen LogP contribution is -2.14. The summed E-state index contributed by atoms with van der Waals surface area (Å²) in [6.45, 7) is 3.96. The predicted molar refractivity (Wildman–Crippen MR) is 109 cm³/mol. The van der Waals surface area contributed by atoms with Gasteiger partial charge in [-0.1, -0.05) is 65.7 Å². The standard InChI is InChI=1S/C22H21Cl2NO/c1-16-6-2-3-8-18(16)15-26-22-11-10-20(23)12-19(22)14-25-13-17-7-4-5-9-21(17)24/h2-12,25H,13-15H2,1H3. The van der Waals surface area contributed by atoms with E-state index in [1.165, 1.54) is 11.1 Å². The van der Waals surface area contributed by atoms with Crippen LogP contribution in [0.15, 0.2) is 66.7 Å². The molecule has 0 aliphatic rings. The minimum absolute atomic E-state index is 0.534. The molecular weight excluding hydrogens is 365 g/mol. The monoisotopic (exact) mass is 385 g/mol. The van der Waals surface area contributed by atoms with Crippen LogP contribution < -0.4 is 10.1 Å². The molecule has 4 heteroatoms. The zero-order valence-electron chi connectivity index (χ0n) is 14.6. The highest BCUT2D eigenvalue weighted by molar-refractivity contribution is 6.31. The van der Waals surface area contributed by atoms with E-state index >= 15 is 0 Å². The minimum atomic E-state index is 0.534. The van der Waals surface area contributed by atoms with Crippen LogP contribution in [0.3, 0.4) is 0 Å². The summed E-state index contributed by atoms with van der Waals surface area (Å²) >= 11 is 12.4. The molecule has 0 bridgehead atoms. The van der Waals surface area contributed by atoms with Gasteiger partial charge in [0.2, 0.25) is 0 Å². The van der Waals surface area contributed by atoms with Crippen molar-refractivity contribution < 1.29 is 4.74 Å². The fourth-order valence-corrected chi connectivity index (χ4v) is 3.13. The molecule has 3 aromatic carbocycles. The SMILES string of the molecule is Cc1ccccc1COc1ccc(Cl)cc1CNCc1ccccc1Cl. The van der Waals surface area contributed by atoms with Gasteiger partial charge in [0.25, 0.3) is 0 Å². The summed E-state index contributed by atoms with van der Waals surface area (Å²) in [7, 11) is 0. The van der Waals surface area contributed by atoms with E-state index in [9.17, 15) is 0 Å². The molecule has 0 spiro atoms. The number of ether oxygens (including phenoxy) is 1. The number of benzene rings is 3. The maximum Gasteiger partial charge on any atom is 0.124 e. The summed E-state index contributed by atoms with van der Waals surface area (Å²) in [5, 5.41) is 4.88. The van der Waals surface area contributed by atoms with Crippen molar-refractivity contribution in [3.05, 3.63) is 99.0 Å². The maximum atomic E-state index is 6.21. The first-order chi connectivity index (χ1) is 12.6. The van der Waals surface area contributed by atoms with Crippen LogP contribution in [-0.4, -0.2) is 0 Å². The van der Waals surface area contributed by atoms with Crippen LogP contribution in [0.1, 0.15) is 22.3 Å². The van der Waals surface area contributed by atoms with Crippen molar-refractivity contribution in [1.29, 1.82) is 0 Å². The Labute approximate surface area is 164 Å². The molecule has 3 rings (SSSR count). The van der Waals surface area contributed by atoms with Gasteiger partial charge in [0, 0.05) is 28.7 Å². The number of rotatable bonds is 7. The van der Waals surface area contributed by atoms with Crippen molar-refractivity contribution in [3.8, 4) is 5.75 Å². The molecule has 0 saturated heterocycles. The van der Waals surface area contributed by atoms with E-state index in [0.717, 1.165) is 21.9 Å². The number of hydrogen-bond donors (Lipinski definition) is 1. The predicted octanol–water partition coefficient (Wildman–Crippen LogP) is 6.17. The van der Waals surface area contributed by atoms with Gasteiger partial charge in [-0.25, -0.2) is 0 Å². The molecule has 0 heterocycles. The molecule has 1 N–H and O–H groups in total. The average molecular weight is 386 g/mol. The van der Waals surface area contributed by atoms with Crippen LogP contribution in [0.4, 0.5) is 0 Å². The summed E-state index contributed by atoms with van der Waals surface area (Å²) in [4.78, 5) is 0. The molecule has 0 aliphatic carbocycles. The Kier molecular flexibility index (Phi) is 6.56. The highest BCUT2D eigenvalue weighted by Gasteiger charge is 2.07. The molecule has 0 amide bonds. The van der Waals surface area contributed by atoms with Crippen molar-refractivity contribution in [1.82, 2.24) is 5.32 Å². The first-order valence-electron chi connectivity index (χ1n) is 8.53. The maximum absolute atomic E-state index is 6.21. The highest BCUT2D eigenvalue weighted by Crippen LogP contribution is 2.24. The van der Waals surface area contributed by atoms with Crippen molar-refractivity contribution in [2.75, 3.05) is 0 Å². The highest BCUT2D eigenvalue weighted by atomic mass is 35.5. The topological polar surface area (TPSA) is 21.3 Å². The van der Waals surface area contributed by atoms with E-state index in [-0.39, 0.29) is 0 Å². The second-order valence-electron chi connectivity index (χ2n) is 6.16. The third-order valence-corrected chi connectivity index (χ3v) is 4.86. The van der Waals surface area contributed by atoms with Crippen LogP contribution >= 0.6 is 23.2 Å². The van der Waals surface area contributed by atoms with Crippen molar-refractivity contribution >= 4 is 23.2 Å². The second-order valence-corrected chi connectivity index (χ2v) is 7.01. The summed E-state index contributed by atoms with van der Waals surface area (Å²) in [5.74, 6) is 0.837. The lowest BCUT2D eigenvalue weighted by Gasteiger charge is -2.14. The van der Waals surface area contributed by atoms with Crippen molar-refractivity contribution in [3.63, 3.8) is 0 Å². The zero-order valence-corrected chi connectivity index (χ0v) is 16.1. The molecule has 0 aliphatic heterocycles. The molecule has 0 saturated carbocycles. The third-order valence-electron chi connectivity index (χ3n) is 4.26. The molecular formula is C22H21Cl2NO.